The quantitative estimate of drug-likeness (QED) is 0.765. The van der Waals surface area contributed by atoms with E-state index in [2.05, 4.69) is 46.4 Å². The van der Waals surface area contributed by atoms with Crippen molar-refractivity contribution in [3.05, 3.63) is 42.1 Å². The van der Waals surface area contributed by atoms with Crippen molar-refractivity contribution in [2.75, 3.05) is 4.90 Å². The predicted octanol–water partition coefficient (Wildman–Crippen LogP) is 4.48. The van der Waals surface area contributed by atoms with Gasteiger partial charge in [0.1, 0.15) is 0 Å². The van der Waals surface area contributed by atoms with Crippen LogP contribution in [0.4, 0.5) is 5.69 Å². The van der Waals surface area contributed by atoms with Crippen molar-refractivity contribution in [1.82, 2.24) is 0 Å². The zero-order valence-corrected chi connectivity index (χ0v) is 12.4. The molecule has 2 rings (SSSR count). The zero-order valence-electron chi connectivity index (χ0n) is 12.4. The first-order chi connectivity index (χ1) is 8.80. The molecule has 1 heterocycles. The summed E-state index contributed by atoms with van der Waals surface area (Å²) in [5, 5.41) is 0. The standard InChI is InChI=1S/C17H23NO/c1-12(2)14-6-8-15(9-7-14)18-13(3)10-17(4,5)11-16(18)19/h6-9,12H,3,10-11H2,1-2,4-5H3. The molecule has 1 aromatic rings. The second kappa shape index (κ2) is 4.84. The normalized spacial score (nSPS) is 19.1. The van der Waals surface area contributed by atoms with E-state index >= 15 is 0 Å². The molecule has 1 aromatic carbocycles. The fourth-order valence-electron chi connectivity index (χ4n) is 2.69. The highest BCUT2D eigenvalue weighted by atomic mass is 16.2. The minimum absolute atomic E-state index is 0.0303. The van der Waals surface area contributed by atoms with E-state index in [-0.39, 0.29) is 11.3 Å². The third-order valence-electron chi connectivity index (χ3n) is 3.70. The number of carbonyl (C=O) groups is 1. The van der Waals surface area contributed by atoms with Crippen molar-refractivity contribution in [2.24, 2.45) is 5.41 Å². The predicted molar refractivity (Wildman–Crippen MR) is 80.2 cm³/mol. The third kappa shape index (κ3) is 2.89. The highest BCUT2D eigenvalue weighted by Gasteiger charge is 2.34. The van der Waals surface area contributed by atoms with Crippen LogP contribution >= 0.6 is 0 Å². The van der Waals surface area contributed by atoms with E-state index in [4.69, 9.17) is 0 Å². The number of allylic oxidation sites excluding steroid dienone is 1. The number of rotatable bonds is 2. The summed E-state index contributed by atoms with van der Waals surface area (Å²) in [6.45, 7) is 12.7. The highest BCUT2D eigenvalue weighted by molar-refractivity contribution is 5.97. The van der Waals surface area contributed by atoms with Crippen molar-refractivity contribution in [3.63, 3.8) is 0 Å². The lowest BCUT2D eigenvalue weighted by Crippen LogP contribution is -2.40. The molecule has 102 valence electrons. The Bertz CT molecular complexity index is 476. The molecule has 0 N–H and O–H groups in total. The molecule has 1 aliphatic rings. The maximum Gasteiger partial charge on any atom is 0.231 e. The summed E-state index contributed by atoms with van der Waals surface area (Å²) in [4.78, 5) is 14.1. The maximum absolute atomic E-state index is 12.3. The number of anilines is 1. The molecule has 19 heavy (non-hydrogen) atoms. The number of benzene rings is 1. The molecule has 1 amide bonds. The van der Waals surface area contributed by atoms with Crippen LogP contribution in [0.1, 0.15) is 52.0 Å². The monoisotopic (exact) mass is 257 g/mol. The van der Waals surface area contributed by atoms with Gasteiger partial charge in [-0.05, 0) is 35.4 Å². The Morgan fingerprint density at radius 3 is 2.21 bits per heavy atom. The second-order valence-corrected chi connectivity index (χ2v) is 6.56. The molecule has 0 aromatic heterocycles. The minimum atomic E-state index is 0.0303. The van der Waals surface area contributed by atoms with Crippen LogP contribution in [0.5, 0.6) is 0 Å². The Kier molecular flexibility index (Phi) is 3.53. The van der Waals surface area contributed by atoms with Crippen LogP contribution in [0.2, 0.25) is 0 Å². The Balaban J connectivity index is 2.26. The summed E-state index contributed by atoms with van der Waals surface area (Å²) in [5.74, 6) is 0.659. The molecule has 0 unspecified atom stereocenters. The van der Waals surface area contributed by atoms with Gasteiger partial charge >= 0.3 is 0 Å². The third-order valence-corrected chi connectivity index (χ3v) is 3.70. The molecule has 2 heteroatoms. The molecule has 2 nitrogen and oxygen atoms in total. The van der Waals surface area contributed by atoms with Gasteiger partial charge in [-0.15, -0.1) is 0 Å². The number of piperidine rings is 1. The second-order valence-electron chi connectivity index (χ2n) is 6.56. The molecule has 0 spiro atoms. The van der Waals surface area contributed by atoms with Crippen molar-refractivity contribution >= 4 is 11.6 Å². The molecule has 1 fully saturated rings. The molecule has 1 aliphatic heterocycles. The van der Waals surface area contributed by atoms with Crippen LogP contribution in [-0.4, -0.2) is 5.91 Å². The molecule has 0 radical (unpaired) electrons. The van der Waals surface area contributed by atoms with E-state index in [1.54, 1.807) is 4.90 Å². The summed E-state index contributed by atoms with van der Waals surface area (Å²) in [7, 11) is 0. The SMILES string of the molecule is C=C1CC(C)(C)CC(=O)N1c1ccc(C(C)C)cc1. The molecule has 0 aliphatic carbocycles. The van der Waals surface area contributed by atoms with Crippen LogP contribution in [0, 0.1) is 5.41 Å². The molecule has 0 atom stereocenters. The summed E-state index contributed by atoms with van der Waals surface area (Å²) in [5.41, 5.74) is 3.16. The van der Waals surface area contributed by atoms with Crippen molar-refractivity contribution in [2.45, 2.75) is 46.5 Å². The number of carbonyl (C=O) groups excluding carboxylic acids is 1. The van der Waals surface area contributed by atoms with Gasteiger partial charge in [0.15, 0.2) is 0 Å². The summed E-state index contributed by atoms with van der Waals surface area (Å²) in [6, 6.07) is 8.24. The lowest BCUT2D eigenvalue weighted by Gasteiger charge is -2.38. The van der Waals surface area contributed by atoms with Crippen molar-refractivity contribution in [3.8, 4) is 0 Å². The number of hydrogen-bond donors (Lipinski definition) is 0. The van der Waals surface area contributed by atoms with Gasteiger partial charge in [0, 0.05) is 17.8 Å². The topological polar surface area (TPSA) is 20.3 Å². The van der Waals surface area contributed by atoms with Gasteiger partial charge in [0.25, 0.3) is 0 Å². The molecule has 0 saturated carbocycles. The van der Waals surface area contributed by atoms with Crippen LogP contribution < -0.4 is 4.90 Å². The van der Waals surface area contributed by atoms with Gasteiger partial charge in [-0.25, -0.2) is 0 Å². The fourth-order valence-corrected chi connectivity index (χ4v) is 2.69. The van der Waals surface area contributed by atoms with E-state index < -0.39 is 0 Å². The minimum Gasteiger partial charge on any atom is -0.285 e. The first kappa shape index (κ1) is 13.9. The highest BCUT2D eigenvalue weighted by Crippen LogP contribution is 2.38. The van der Waals surface area contributed by atoms with Crippen LogP contribution in [0.3, 0.4) is 0 Å². The van der Waals surface area contributed by atoms with Crippen LogP contribution in [-0.2, 0) is 4.79 Å². The van der Waals surface area contributed by atoms with Crippen LogP contribution in [0.15, 0.2) is 36.5 Å². The van der Waals surface area contributed by atoms with Crippen LogP contribution in [0.25, 0.3) is 0 Å². The fraction of sp³-hybridized carbons (Fsp3) is 0.471. The Morgan fingerprint density at radius 2 is 1.74 bits per heavy atom. The first-order valence-electron chi connectivity index (χ1n) is 6.91. The number of nitrogens with zero attached hydrogens (tertiary/aromatic N) is 1. The summed E-state index contributed by atoms with van der Waals surface area (Å²) < 4.78 is 0. The molecular weight excluding hydrogens is 234 g/mol. The first-order valence-corrected chi connectivity index (χ1v) is 6.91. The molecule has 1 saturated heterocycles. The average Bonchev–Trinajstić information content (AvgIpc) is 2.26. The van der Waals surface area contributed by atoms with E-state index in [1.807, 2.05) is 12.1 Å². The smallest absolute Gasteiger partial charge is 0.231 e. The average molecular weight is 257 g/mol. The van der Waals surface area contributed by atoms with Gasteiger partial charge in [-0.2, -0.15) is 0 Å². The van der Waals surface area contributed by atoms with Gasteiger partial charge in [-0.1, -0.05) is 46.4 Å². The molecule has 0 bridgehead atoms. The summed E-state index contributed by atoms with van der Waals surface area (Å²) >= 11 is 0. The Labute approximate surface area is 116 Å². The van der Waals surface area contributed by atoms with E-state index in [0.717, 1.165) is 17.8 Å². The number of amides is 1. The lowest BCUT2D eigenvalue weighted by atomic mass is 9.80. The largest absolute Gasteiger partial charge is 0.285 e. The van der Waals surface area contributed by atoms with Gasteiger partial charge in [0.05, 0.1) is 0 Å². The van der Waals surface area contributed by atoms with E-state index in [1.165, 1.54) is 5.56 Å². The molecular formula is C17H23NO. The van der Waals surface area contributed by atoms with Crippen molar-refractivity contribution < 1.29 is 4.79 Å². The van der Waals surface area contributed by atoms with Gasteiger partial charge in [0.2, 0.25) is 5.91 Å². The van der Waals surface area contributed by atoms with Gasteiger partial charge < -0.3 is 0 Å². The van der Waals surface area contributed by atoms with E-state index in [9.17, 15) is 4.79 Å². The Morgan fingerprint density at radius 1 is 1.16 bits per heavy atom. The summed E-state index contributed by atoms with van der Waals surface area (Å²) in [6.07, 6.45) is 1.45. The zero-order chi connectivity index (χ0) is 14.2. The van der Waals surface area contributed by atoms with Gasteiger partial charge in [-0.3, -0.25) is 9.69 Å². The number of hydrogen-bond acceptors (Lipinski definition) is 1. The van der Waals surface area contributed by atoms with E-state index in [0.29, 0.717) is 12.3 Å². The van der Waals surface area contributed by atoms with Crippen molar-refractivity contribution in [1.29, 1.82) is 0 Å². The lowest BCUT2D eigenvalue weighted by molar-refractivity contribution is -0.121. The Hall–Kier alpha value is -1.57. The maximum atomic E-state index is 12.3.